The predicted octanol–water partition coefficient (Wildman–Crippen LogP) is 1.77. The van der Waals surface area contributed by atoms with Gasteiger partial charge in [-0.1, -0.05) is 13.0 Å². The smallest absolute Gasteiger partial charge is 0.271 e. The summed E-state index contributed by atoms with van der Waals surface area (Å²) in [7, 11) is 0. The van der Waals surface area contributed by atoms with Crippen LogP contribution >= 0.6 is 0 Å². The molecule has 1 aliphatic carbocycles. The molecule has 3 heterocycles. The molecule has 136 valence electrons. The molecule has 0 aromatic carbocycles. The van der Waals surface area contributed by atoms with Crippen LogP contribution in [0.25, 0.3) is 0 Å². The van der Waals surface area contributed by atoms with E-state index in [4.69, 9.17) is 0 Å². The Morgan fingerprint density at radius 3 is 2.77 bits per heavy atom. The minimum absolute atomic E-state index is 0.110. The van der Waals surface area contributed by atoms with Crippen molar-refractivity contribution in [2.24, 2.45) is 11.8 Å². The third-order valence-corrected chi connectivity index (χ3v) is 5.33. The zero-order valence-electron chi connectivity index (χ0n) is 15.1. The van der Waals surface area contributed by atoms with Crippen LogP contribution in [-0.2, 0) is 17.9 Å². The summed E-state index contributed by atoms with van der Waals surface area (Å²) in [5, 5.41) is 2.85. The molecule has 3 atom stereocenters. The molecule has 0 saturated heterocycles. The minimum atomic E-state index is -0.224. The monoisotopic (exact) mass is 353 g/mol. The van der Waals surface area contributed by atoms with Gasteiger partial charge in [0.05, 0.1) is 18.3 Å². The molecule has 2 aliphatic rings. The lowest BCUT2D eigenvalue weighted by Gasteiger charge is -2.34. The van der Waals surface area contributed by atoms with Crippen LogP contribution in [0.3, 0.4) is 0 Å². The Kier molecular flexibility index (Phi) is 4.22. The number of hydrogen-bond donors (Lipinski definition) is 1. The van der Waals surface area contributed by atoms with Gasteiger partial charge in [0.2, 0.25) is 5.91 Å². The van der Waals surface area contributed by atoms with Crippen LogP contribution in [0.15, 0.2) is 30.6 Å². The second kappa shape index (κ2) is 6.55. The standard InChI is InChI=1S/C19H23N5O2/c1-12-9-15(12)19(26)24-8-7-23-11-16(22-17(23)13(24)2)18(25)21-10-14-5-3-4-6-20-14/h3-6,11-13,15H,7-10H2,1-2H3,(H,21,25). The van der Waals surface area contributed by atoms with Gasteiger partial charge in [-0.15, -0.1) is 0 Å². The molecule has 1 aliphatic heterocycles. The fraction of sp³-hybridized carbons (Fsp3) is 0.474. The molecule has 0 bridgehead atoms. The summed E-state index contributed by atoms with van der Waals surface area (Å²) in [5.41, 5.74) is 1.19. The fourth-order valence-electron chi connectivity index (χ4n) is 3.54. The summed E-state index contributed by atoms with van der Waals surface area (Å²) >= 11 is 0. The van der Waals surface area contributed by atoms with Crippen molar-refractivity contribution in [3.05, 3.63) is 47.8 Å². The van der Waals surface area contributed by atoms with E-state index in [0.29, 0.717) is 31.2 Å². The highest BCUT2D eigenvalue weighted by Crippen LogP contribution is 2.41. The lowest BCUT2D eigenvalue weighted by Crippen LogP contribution is -2.42. The molecule has 4 rings (SSSR count). The molecule has 3 unspecified atom stereocenters. The van der Waals surface area contributed by atoms with E-state index < -0.39 is 0 Å². The van der Waals surface area contributed by atoms with Gasteiger partial charge in [0, 0.05) is 31.4 Å². The summed E-state index contributed by atoms with van der Waals surface area (Å²) in [6.45, 7) is 5.80. The van der Waals surface area contributed by atoms with Gasteiger partial charge in [-0.3, -0.25) is 14.6 Å². The van der Waals surface area contributed by atoms with Gasteiger partial charge in [-0.05, 0) is 31.4 Å². The van der Waals surface area contributed by atoms with E-state index in [-0.39, 0.29) is 23.8 Å². The Bertz CT molecular complexity index is 832. The molecular formula is C19H23N5O2. The zero-order valence-corrected chi connectivity index (χ0v) is 15.1. The van der Waals surface area contributed by atoms with E-state index in [1.54, 1.807) is 12.4 Å². The Balaban J connectivity index is 1.45. The van der Waals surface area contributed by atoms with Gasteiger partial charge in [0.1, 0.15) is 11.5 Å². The van der Waals surface area contributed by atoms with E-state index in [1.165, 1.54) is 0 Å². The Morgan fingerprint density at radius 2 is 2.08 bits per heavy atom. The number of nitrogens with zero attached hydrogens (tertiary/aromatic N) is 4. The van der Waals surface area contributed by atoms with Crippen molar-refractivity contribution in [1.29, 1.82) is 0 Å². The first-order chi connectivity index (χ1) is 12.5. The van der Waals surface area contributed by atoms with Crippen LogP contribution in [0, 0.1) is 11.8 Å². The van der Waals surface area contributed by atoms with E-state index >= 15 is 0 Å². The SMILES string of the molecule is CC1CC1C(=O)N1CCn2cc(C(=O)NCc3ccccn3)nc2C1C. The second-order valence-electron chi connectivity index (χ2n) is 7.21. The molecule has 1 N–H and O–H groups in total. The number of rotatable bonds is 4. The number of carbonyl (C=O) groups excluding carboxylic acids is 2. The second-order valence-corrected chi connectivity index (χ2v) is 7.21. The van der Waals surface area contributed by atoms with Crippen LogP contribution in [-0.4, -0.2) is 37.8 Å². The number of imidazole rings is 1. The average Bonchev–Trinajstić information content (AvgIpc) is 3.21. The van der Waals surface area contributed by atoms with Crippen LogP contribution in [0.1, 0.15) is 48.3 Å². The number of pyridine rings is 1. The highest BCUT2D eigenvalue weighted by atomic mass is 16.2. The fourth-order valence-corrected chi connectivity index (χ4v) is 3.54. The molecular weight excluding hydrogens is 330 g/mol. The summed E-state index contributed by atoms with van der Waals surface area (Å²) in [6, 6.07) is 5.48. The third-order valence-electron chi connectivity index (χ3n) is 5.33. The lowest BCUT2D eigenvalue weighted by atomic mass is 10.1. The molecule has 26 heavy (non-hydrogen) atoms. The van der Waals surface area contributed by atoms with Gasteiger partial charge in [0.15, 0.2) is 0 Å². The lowest BCUT2D eigenvalue weighted by molar-refractivity contribution is -0.136. The molecule has 0 spiro atoms. The van der Waals surface area contributed by atoms with Gasteiger partial charge in [0.25, 0.3) is 5.91 Å². The first-order valence-corrected chi connectivity index (χ1v) is 9.10. The van der Waals surface area contributed by atoms with Crippen molar-refractivity contribution < 1.29 is 9.59 Å². The maximum absolute atomic E-state index is 12.6. The summed E-state index contributed by atoms with van der Waals surface area (Å²) in [4.78, 5) is 35.6. The number of amides is 2. The van der Waals surface area contributed by atoms with E-state index in [2.05, 4.69) is 22.2 Å². The molecule has 7 nitrogen and oxygen atoms in total. The van der Waals surface area contributed by atoms with Gasteiger partial charge in [-0.25, -0.2) is 4.98 Å². The van der Waals surface area contributed by atoms with Crippen LogP contribution < -0.4 is 5.32 Å². The maximum atomic E-state index is 12.6. The topological polar surface area (TPSA) is 80.1 Å². The van der Waals surface area contributed by atoms with Crippen LogP contribution in [0.5, 0.6) is 0 Å². The summed E-state index contributed by atoms with van der Waals surface area (Å²) in [5.74, 6) is 1.43. The third kappa shape index (κ3) is 3.09. The van der Waals surface area contributed by atoms with Crippen LogP contribution in [0.4, 0.5) is 0 Å². The molecule has 1 fully saturated rings. The van der Waals surface area contributed by atoms with Crippen molar-refractivity contribution in [1.82, 2.24) is 24.8 Å². The first kappa shape index (κ1) is 16.8. The quantitative estimate of drug-likeness (QED) is 0.908. The molecule has 2 amide bonds. The number of aromatic nitrogens is 3. The number of fused-ring (bicyclic) bond motifs is 1. The average molecular weight is 353 g/mol. The van der Waals surface area contributed by atoms with Crippen molar-refractivity contribution in [3.63, 3.8) is 0 Å². The van der Waals surface area contributed by atoms with E-state index in [0.717, 1.165) is 17.9 Å². The summed E-state index contributed by atoms with van der Waals surface area (Å²) in [6.07, 6.45) is 4.46. The van der Waals surface area contributed by atoms with Crippen LogP contribution in [0.2, 0.25) is 0 Å². The first-order valence-electron chi connectivity index (χ1n) is 9.10. The van der Waals surface area contributed by atoms with Crippen molar-refractivity contribution >= 4 is 11.8 Å². The highest BCUT2D eigenvalue weighted by Gasteiger charge is 2.44. The summed E-state index contributed by atoms with van der Waals surface area (Å²) < 4.78 is 1.99. The van der Waals surface area contributed by atoms with Gasteiger partial charge < -0.3 is 14.8 Å². The van der Waals surface area contributed by atoms with Gasteiger partial charge in [-0.2, -0.15) is 0 Å². The minimum Gasteiger partial charge on any atom is -0.345 e. The normalized spacial score (nSPS) is 24.1. The highest BCUT2D eigenvalue weighted by molar-refractivity contribution is 5.92. The molecule has 7 heteroatoms. The molecule has 2 aromatic rings. The van der Waals surface area contributed by atoms with E-state index in [9.17, 15) is 9.59 Å². The van der Waals surface area contributed by atoms with E-state index in [1.807, 2.05) is 34.6 Å². The zero-order chi connectivity index (χ0) is 18.3. The van der Waals surface area contributed by atoms with Crippen molar-refractivity contribution in [2.75, 3.05) is 6.54 Å². The maximum Gasteiger partial charge on any atom is 0.271 e. The Labute approximate surface area is 152 Å². The molecule has 1 saturated carbocycles. The largest absolute Gasteiger partial charge is 0.345 e. The number of carbonyl (C=O) groups is 2. The molecule has 0 radical (unpaired) electrons. The van der Waals surface area contributed by atoms with Crippen molar-refractivity contribution in [2.45, 2.75) is 39.4 Å². The van der Waals surface area contributed by atoms with Crippen molar-refractivity contribution in [3.8, 4) is 0 Å². The molecule has 2 aromatic heterocycles. The van der Waals surface area contributed by atoms with Gasteiger partial charge >= 0.3 is 0 Å². The Morgan fingerprint density at radius 1 is 1.27 bits per heavy atom. The predicted molar refractivity (Wildman–Crippen MR) is 95.0 cm³/mol. The Hall–Kier alpha value is -2.70. The number of hydrogen-bond acceptors (Lipinski definition) is 4. The number of nitrogens with one attached hydrogen (secondary N) is 1.